The molecule has 10 nitrogen and oxygen atoms in total. The predicted octanol–water partition coefficient (Wildman–Crippen LogP) is 3.39. The topological polar surface area (TPSA) is 136 Å². The zero-order valence-corrected chi connectivity index (χ0v) is 21.4. The molecule has 0 radical (unpaired) electrons. The maximum Gasteiger partial charge on any atom is 0.414 e. The fourth-order valence-electron chi connectivity index (χ4n) is 3.51. The zero-order chi connectivity index (χ0) is 25.5. The number of anilines is 1. The highest BCUT2D eigenvalue weighted by molar-refractivity contribution is 7.22. The third-order valence-electron chi connectivity index (χ3n) is 5.24. The number of carboxylic acid groups (broad SMARTS) is 2. The molecule has 5 rings (SSSR count). The number of nitrogens with zero attached hydrogens (tertiary/aromatic N) is 4. The van der Waals surface area contributed by atoms with Crippen LogP contribution in [0.3, 0.4) is 0 Å². The van der Waals surface area contributed by atoms with E-state index < -0.39 is 11.9 Å². The van der Waals surface area contributed by atoms with Crippen LogP contribution in [-0.2, 0) is 20.9 Å². The first kappa shape index (κ1) is 25.9. The van der Waals surface area contributed by atoms with Gasteiger partial charge in [0.1, 0.15) is 5.01 Å². The van der Waals surface area contributed by atoms with Gasteiger partial charge in [0.2, 0.25) is 5.91 Å². The number of fused-ring (bicyclic) bond motifs is 1. The molecular formula is C23H23N5O5S3. The number of aromatic nitrogens is 2. The van der Waals surface area contributed by atoms with Crippen LogP contribution in [0.4, 0.5) is 5.13 Å². The molecule has 0 saturated carbocycles. The second-order valence-electron chi connectivity index (χ2n) is 7.80. The number of para-hydroxylation sites is 1. The summed E-state index contributed by atoms with van der Waals surface area (Å²) in [6.07, 6.45) is 0. The van der Waals surface area contributed by atoms with Crippen LogP contribution >= 0.6 is 34.0 Å². The van der Waals surface area contributed by atoms with Crippen molar-refractivity contribution in [2.45, 2.75) is 6.54 Å². The van der Waals surface area contributed by atoms with Gasteiger partial charge in [-0.3, -0.25) is 14.6 Å². The van der Waals surface area contributed by atoms with Gasteiger partial charge >= 0.3 is 11.9 Å². The SMILES string of the molecule is O=C(CN1CCN(Cc2nc(-c3cccs3)cs2)CC1)Nc1nc2ccccc2s1.O=C(O)C(=O)O. The summed E-state index contributed by atoms with van der Waals surface area (Å²) >= 11 is 4.97. The molecule has 3 aromatic heterocycles. The monoisotopic (exact) mass is 545 g/mol. The van der Waals surface area contributed by atoms with E-state index in [9.17, 15) is 4.79 Å². The van der Waals surface area contributed by atoms with Crippen molar-refractivity contribution < 1.29 is 24.6 Å². The van der Waals surface area contributed by atoms with Crippen LogP contribution in [0.1, 0.15) is 5.01 Å². The van der Waals surface area contributed by atoms with Crippen LogP contribution in [0, 0.1) is 0 Å². The maximum absolute atomic E-state index is 12.4. The molecular weight excluding hydrogens is 522 g/mol. The van der Waals surface area contributed by atoms with Crippen molar-refractivity contribution in [1.82, 2.24) is 19.8 Å². The van der Waals surface area contributed by atoms with Gasteiger partial charge in [-0.25, -0.2) is 19.6 Å². The zero-order valence-electron chi connectivity index (χ0n) is 19.0. The number of aliphatic carboxylic acids is 2. The Morgan fingerprint density at radius 3 is 2.31 bits per heavy atom. The number of amides is 1. The van der Waals surface area contributed by atoms with Gasteiger partial charge in [0, 0.05) is 31.6 Å². The lowest BCUT2D eigenvalue weighted by atomic mass is 10.3. The molecule has 0 atom stereocenters. The standard InChI is InChI=1S/C21H21N5OS3.C2H2O4/c27-19(24-21-23-15-4-1-2-5-18(15)30-21)12-25-7-9-26(10-8-25)13-20-22-16(14-29-20)17-6-3-11-28-17;3-1(4)2(5)6/h1-6,11,14H,7-10,12-13H2,(H,23,24,27);(H,3,4)(H,5,6). The van der Waals surface area contributed by atoms with E-state index in [0.717, 1.165) is 53.6 Å². The van der Waals surface area contributed by atoms with Gasteiger partial charge in [-0.05, 0) is 23.6 Å². The molecule has 0 aliphatic carbocycles. The summed E-state index contributed by atoms with van der Waals surface area (Å²) in [5.74, 6) is -3.65. The molecule has 188 valence electrons. The molecule has 1 aliphatic rings. The summed E-state index contributed by atoms with van der Waals surface area (Å²) in [5, 5.41) is 23.8. The Labute approximate surface area is 218 Å². The lowest BCUT2D eigenvalue weighted by molar-refractivity contribution is -0.159. The quantitative estimate of drug-likeness (QED) is 0.312. The lowest BCUT2D eigenvalue weighted by Crippen LogP contribution is -2.48. The Morgan fingerprint density at radius 2 is 1.64 bits per heavy atom. The van der Waals surface area contributed by atoms with Crippen LogP contribution in [0.5, 0.6) is 0 Å². The Morgan fingerprint density at radius 1 is 0.917 bits per heavy atom. The molecule has 1 aliphatic heterocycles. The first-order valence-electron chi connectivity index (χ1n) is 10.9. The Kier molecular flexibility index (Phi) is 8.72. The van der Waals surface area contributed by atoms with Crippen LogP contribution in [0.25, 0.3) is 20.8 Å². The van der Waals surface area contributed by atoms with Gasteiger partial charge in [0.15, 0.2) is 5.13 Å². The maximum atomic E-state index is 12.4. The minimum absolute atomic E-state index is 0.00280. The minimum Gasteiger partial charge on any atom is -0.473 e. The number of thiazole rings is 2. The van der Waals surface area contributed by atoms with E-state index in [1.165, 1.54) is 16.2 Å². The molecule has 13 heteroatoms. The molecule has 36 heavy (non-hydrogen) atoms. The minimum atomic E-state index is -1.82. The highest BCUT2D eigenvalue weighted by Gasteiger charge is 2.20. The van der Waals surface area contributed by atoms with Crippen molar-refractivity contribution in [2.24, 2.45) is 0 Å². The fourth-order valence-corrected chi connectivity index (χ4v) is 5.98. The van der Waals surface area contributed by atoms with E-state index in [1.54, 1.807) is 22.7 Å². The highest BCUT2D eigenvalue weighted by atomic mass is 32.1. The van der Waals surface area contributed by atoms with Crippen molar-refractivity contribution in [3.63, 3.8) is 0 Å². The van der Waals surface area contributed by atoms with Crippen molar-refractivity contribution >= 4 is 67.2 Å². The summed E-state index contributed by atoms with van der Waals surface area (Å²) < 4.78 is 1.09. The largest absolute Gasteiger partial charge is 0.473 e. The van der Waals surface area contributed by atoms with Gasteiger partial charge in [-0.2, -0.15) is 0 Å². The van der Waals surface area contributed by atoms with E-state index >= 15 is 0 Å². The number of nitrogens with one attached hydrogen (secondary N) is 1. The molecule has 0 spiro atoms. The highest BCUT2D eigenvalue weighted by Crippen LogP contribution is 2.27. The number of piperazine rings is 1. The number of thiophene rings is 1. The van der Waals surface area contributed by atoms with Crippen LogP contribution in [-0.4, -0.2) is 80.6 Å². The first-order valence-corrected chi connectivity index (χ1v) is 13.5. The number of carboxylic acids is 2. The summed E-state index contributed by atoms with van der Waals surface area (Å²) in [5.41, 5.74) is 2.01. The molecule has 4 heterocycles. The molecule has 0 bridgehead atoms. The average Bonchev–Trinajstić information content (AvgIpc) is 3.61. The molecule has 1 aromatic carbocycles. The second-order valence-corrected chi connectivity index (χ2v) is 10.7. The summed E-state index contributed by atoms with van der Waals surface area (Å²) in [6, 6.07) is 12.1. The number of carbonyl (C=O) groups is 3. The summed E-state index contributed by atoms with van der Waals surface area (Å²) in [7, 11) is 0. The van der Waals surface area contributed by atoms with Crippen molar-refractivity contribution in [3.8, 4) is 10.6 Å². The fraction of sp³-hybridized carbons (Fsp3) is 0.261. The summed E-state index contributed by atoms with van der Waals surface area (Å²) in [6.45, 7) is 4.95. The van der Waals surface area contributed by atoms with Crippen molar-refractivity contribution in [1.29, 1.82) is 0 Å². The number of hydrogen-bond donors (Lipinski definition) is 3. The van der Waals surface area contributed by atoms with Gasteiger partial charge < -0.3 is 15.5 Å². The second kappa shape index (κ2) is 12.1. The van der Waals surface area contributed by atoms with Gasteiger partial charge in [0.05, 0.1) is 33.9 Å². The van der Waals surface area contributed by atoms with Gasteiger partial charge in [-0.1, -0.05) is 29.5 Å². The van der Waals surface area contributed by atoms with Crippen molar-refractivity contribution in [3.05, 3.63) is 52.2 Å². The third-order valence-corrected chi connectivity index (χ3v) is 7.92. The summed E-state index contributed by atoms with van der Waals surface area (Å²) in [4.78, 5) is 45.7. The Balaban J connectivity index is 0.000000455. The number of benzene rings is 1. The van der Waals surface area contributed by atoms with E-state index in [-0.39, 0.29) is 5.91 Å². The van der Waals surface area contributed by atoms with Crippen molar-refractivity contribution in [2.75, 3.05) is 38.0 Å². The Hall–Kier alpha value is -3.23. The van der Waals surface area contributed by atoms with E-state index in [0.29, 0.717) is 11.7 Å². The molecule has 1 amide bonds. The number of carbonyl (C=O) groups excluding carboxylic acids is 1. The van der Waals surface area contributed by atoms with E-state index in [2.05, 4.69) is 43.0 Å². The molecule has 0 unspecified atom stereocenters. The number of hydrogen-bond acceptors (Lipinski definition) is 10. The van der Waals surface area contributed by atoms with Crippen LogP contribution in [0.15, 0.2) is 47.2 Å². The molecule has 1 saturated heterocycles. The lowest BCUT2D eigenvalue weighted by Gasteiger charge is -2.33. The Bertz CT molecular complexity index is 1280. The molecule has 4 aromatic rings. The predicted molar refractivity (Wildman–Crippen MR) is 141 cm³/mol. The van der Waals surface area contributed by atoms with Crippen LogP contribution in [0.2, 0.25) is 0 Å². The van der Waals surface area contributed by atoms with Gasteiger partial charge in [-0.15, -0.1) is 22.7 Å². The molecule has 3 N–H and O–H groups in total. The van der Waals surface area contributed by atoms with Gasteiger partial charge in [0.25, 0.3) is 0 Å². The third kappa shape index (κ3) is 7.15. The van der Waals surface area contributed by atoms with E-state index in [4.69, 9.17) is 24.8 Å². The average molecular weight is 546 g/mol. The van der Waals surface area contributed by atoms with Crippen LogP contribution < -0.4 is 5.32 Å². The molecule has 1 fully saturated rings. The van der Waals surface area contributed by atoms with E-state index in [1.807, 2.05) is 24.3 Å². The number of rotatable bonds is 6. The normalized spacial score (nSPS) is 14.2. The first-order chi connectivity index (χ1) is 17.4. The smallest absolute Gasteiger partial charge is 0.414 e.